The molecule has 2 rings (SSSR count). The summed E-state index contributed by atoms with van der Waals surface area (Å²) in [6.45, 7) is 30.7. The van der Waals surface area contributed by atoms with Crippen LogP contribution in [-0.4, -0.2) is 0 Å². The van der Waals surface area contributed by atoms with E-state index in [-0.39, 0.29) is 0 Å². The first-order valence-corrected chi connectivity index (χ1v) is 12.4. The molecule has 0 aliphatic heterocycles. The van der Waals surface area contributed by atoms with Crippen LogP contribution in [0, 0.1) is 76.4 Å². The van der Waals surface area contributed by atoms with E-state index in [1.54, 1.807) is 0 Å². The van der Waals surface area contributed by atoms with Crippen LogP contribution in [0.3, 0.4) is 0 Å². The molecule has 0 heterocycles. The topological polar surface area (TPSA) is 0 Å². The van der Waals surface area contributed by atoms with E-state index in [0.29, 0.717) is 5.41 Å². The van der Waals surface area contributed by atoms with Crippen LogP contribution < -0.4 is 0 Å². The summed E-state index contributed by atoms with van der Waals surface area (Å²) in [7, 11) is 0. The van der Waals surface area contributed by atoms with Gasteiger partial charge < -0.3 is 0 Å². The number of rotatable bonds is 4. The maximum Gasteiger partial charge on any atom is -0.0297 e. The first-order chi connectivity index (χ1) is 12.4. The third kappa shape index (κ3) is 3.66. The second-order valence-electron chi connectivity index (χ2n) is 11.8. The summed E-state index contributed by atoms with van der Waals surface area (Å²) in [6.07, 6.45) is 2.66. The minimum atomic E-state index is 0.505. The normalized spacial score (nSPS) is 52.0. The third-order valence-electron chi connectivity index (χ3n) is 11.4. The highest BCUT2D eigenvalue weighted by atomic mass is 14.6. The highest BCUT2D eigenvalue weighted by Crippen LogP contribution is 2.60. The summed E-state index contributed by atoms with van der Waals surface area (Å²) < 4.78 is 0. The van der Waals surface area contributed by atoms with E-state index in [4.69, 9.17) is 0 Å². The van der Waals surface area contributed by atoms with E-state index < -0.39 is 0 Å². The van der Waals surface area contributed by atoms with Gasteiger partial charge in [0.15, 0.2) is 0 Å². The van der Waals surface area contributed by atoms with E-state index in [1.165, 1.54) is 12.8 Å². The van der Waals surface area contributed by atoms with Gasteiger partial charge in [-0.2, -0.15) is 0 Å². The van der Waals surface area contributed by atoms with Gasteiger partial charge in [0.1, 0.15) is 0 Å². The highest BCUT2D eigenvalue weighted by Gasteiger charge is 2.54. The van der Waals surface area contributed by atoms with Crippen LogP contribution in [0.25, 0.3) is 0 Å². The molecule has 0 bridgehead atoms. The van der Waals surface area contributed by atoms with Gasteiger partial charge >= 0.3 is 0 Å². The Morgan fingerprint density at radius 3 is 1.00 bits per heavy atom. The van der Waals surface area contributed by atoms with Crippen molar-refractivity contribution in [3.05, 3.63) is 0 Å². The van der Waals surface area contributed by atoms with Crippen molar-refractivity contribution in [2.75, 3.05) is 0 Å². The maximum absolute atomic E-state index is 2.63. The van der Waals surface area contributed by atoms with E-state index in [9.17, 15) is 0 Å². The fraction of sp³-hybridized carbons (Fsp3) is 1.00. The third-order valence-corrected chi connectivity index (χ3v) is 11.4. The Morgan fingerprint density at radius 2 is 0.704 bits per heavy atom. The van der Waals surface area contributed by atoms with Crippen LogP contribution in [0.4, 0.5) is 0 Å². The van der Waals surface area contributed by atoms with Crippen LogP contribution >= 0.6 is 0 Å². The Morgan fingerprint density at radius 1 is 0.444 bits per heavy atom. The first kappa shape index (κ1) is 23.3. The zero-order valence-corrected chi connectivity index (χ0v) is 20.8. The molecule has 0 amide bonds. The molecule has 2 aliphatic rings. The molecule has 0 aromatic heterocycles. The predicted octanol–water partition coefficient (Wildman–Crippen LogP) is 8.41. The van der Waals surface area contributed by atoms with Crippen LogP contribution in [-0.2, 0) is 0 Å². The van der Waals surface area contributed by atoms with Gasteiger partial charge in [0.05, 0.1) is 0 Å². The molecule has 0 aromatic carbocycles. The predicted molar refractivity (Wildman–Crippen MR) is 122 cm³/mol. The fourth-order valence-electron chi connectivity index (χ4n) is 8.32. The molecule has 0 nitrogen and oxygen atoms in total. The summed E-state index contributed by atoms with van der Waals surface area (Å²) in [4.78, 5) is 0. The molecule has 8 unspecified atom stereocenters. The molecule has 0 spiro atoms. The highest BCUT2D eigenvalue weighted by molar-refractivity contribution is 5.02. The number of hydrogen-bond donors (Lipinski definition) is 0. The summed E-state index contributed by atoms with van der Waals surface area (Å²) in [6, 6.07) is 0. The molecule has 0 heteroatoms. The average molecular weight is 377 g/mol. The van der Waals surface area contributed by atoms with Crippen molar-refractivity contribution in [2.45, 2.75) is 95.9 Å². The molecule has 0 radical (unpaired) electrons. The van der Waals surface area contributed by atoms with Crippen LogP contribution in [0.15, 0.2) is 0 Å². The van der Waals surface area contributed by atoms with Crippen molar-refractivity contribution in [1.29, 1.82) is 0 Å². The molecule has 0 saturated heterocycles. The van der Waals surface area contributed by atoms with Crippen molar-refractivity contribution in [3.8, 4) is 0 Å². The summed E-state index contributed by atoms with van der Waals surface area (Å²) in [5.74, 6) is 10.4. The second kappa shape index (κ2) is 8.39. The molecular weight excluding hydrogens is 324 g/mol. The van der Waals surface area contributed by atoms with E-state index in [0.717, 1.165) is 71.0 Å². The van der Waals surface area contributed by atoms with Crippen LogP contribution in [0.1, 0.15) is 95.9 Å². The Labute approximate surface area is 172 Å². The van der Waals surface area contributed by atoms with Gasteiger partial charge in [-0.3, -0.25) is 0 Å². The largest absolute Gasteiger partial charge is 0.0649 e. The molecular formula is C27H52. The zero-order valence-electron chi connectivity index (χ0n) is 20.8. The summed E-state index contributed by atoms with van der Waals surface area (Å²) >= 11 is 0. The van der Waals surface area contributed by atoms with Crippen LogP contribution in [0.2, 0.25) is 0 Å². The van der Waals surface area contributed by atoms with Gasteiger partial charge in [-0.1, -0.05) is 95.9 Å². The Bertz CT molecular complexity index is 442. The summed E-state index contributed by atoms with van der Waals surface area (Å²) in [5.41, 5.74) is 0.505. The minimum Gasteiger partial charge on any atom is -0.0649 e. The van der Waals surface area contributed by atoms with E-state index in [2.05, 4.69) is 83.1 Å². The first-order valence-electron chi connectivity index (χ1n) is 12.4. The SMILES string of the molecule is CCC(C)(CC)C1C(C)C(C)C(C2C(C)C(C)C(C)C(C)C2C)C(C)C1C. The van der Waals surface area contributed by atoms with Crippen molar-refractivity contribution in [2.24, 2.45) is 76.4 Å². The Hall–Kier alpha value is 0. The van der Waals surface area contributed by atoms with E-state index >= 15 is 0 Å². The standard InChI is InChI=1S/C27H52/c1-13-27(12,14-2)26-22(10)20(8)25(21(9)23(26)11)24-18(6)16(4)15(3)17(5)19(24)7/h15-26H,13-14H2,1-12H3. The van der Waals surface area contributed by atoms with Gasteiger partial charge in [-0.15, -0.1) is 0 Å². The lowest BCUT2D eigenvalue weighted by atomic mass is 9.45. The van der Waals surface area contributed by atoms with Gasteiger partial charge in [-0.25, -0.2) is 0 Å². The monoisotopic (exact) mass is 376 g/mol. The smallest absolute Gasteiger partial charge is 0.0297 e. The zero-order chi connectivity index (χ0) is 20.8. The quantitative estimate of drug-likeness (QED) is 0.462. The van der Waals surface area contributed by atoms with E-state index in [1.807, 2.05) is 0 Å². The van der Waals surface area contributed by atoms with Crippen molar-refractivity contribution < 1.29 is 0 Å². The minimum absolute atomic E-state index is 0.505. The molecule has 0 N–H and O–H groups in total. The lowest BCUT2D eigenvalue weighted by Crippen LogP contribution is -2.54. The van der Waals surface area contributed by atoms with Gasteiger partial charge in [0, 0.05) is 0 Å². The molecule has 8 atom stereocenters. The van der Waals surface area contributed by atoms with Gasteiger partial charge in [-0.05, 0) is 76.4 Å². The molecule has 0 aromatic rings. The lowest BCUT2D eigenvalue weighted by molar-refractivity contribution is -0.119. The van der Waals surface area contributed by atoms with Crippen molar-refractivity contribution in [1.82, 2.24) is 0 Å². The molecule has 2 aliphatic carbocycles. The van der Waals surface area contributed by atoms with Crippen molar-refractivity contribution in [3.63, 3.8) is 0 Å². The molecule has 27 heavy (non-hydrogen) atoms. The number of hydrogen-bond acceptors (Lipinski definition) is 0. The lowest BCUT2D eigenvalue weighted by Gasteiger charge is -2.60. The Balaban J connectivity index is 2.40. The molecule has 2 fully saturated rings. The van der Waals surface area contributed by atoms with Gasteiger partial charge in [0.25, 0.3) is 0 Å². The van der Waals surface area contributed by atoms with Gasteiger partial charge in [0.2, 0.25) is 0 Å². The maximum atomic E-state index is 2.63. The fourth-order valence-corrected chi connectivity index (χ4v) is 8.32. The Kier molecular flexibility index (Phi) is 7.24. The molecule has 160 valence electrons. The summed E-state index contributed by atoms with van der Waals surface area (Å²) in [5, 5.41) is 0. The van der Waals surface area contributed by atoms with Crippen molar-refractivity contribution >= 4 is 0 Å². The van der Waals surface area contributed by atoms with Crippen LogP contribution in [0.5, 0.6) is 0 Å². The average Bonchev–Trinajstić information content (AvgIpc) is 2.65. The molecule has 2 saturated carbocycles. The second-order valence-corrected chi connectivity index (χ2v) is 11.8.